The molecule has 11 heteroatoms. The van der Waals surface area contributed by atoms with Gasteiger partial charge in [0.15, 0.2) is 0 Å². The fraction of sp³-hybridized carbons (Fsp3) is 0.792. The van der Waals surface area contributed by atoms with E-state index in [1.807, 2.05) is 6.07 Å². The molecule has 0 heterocycles. The van der Waals surface area contributed by atoms with E-state index < -0.39 is 23.9 Å². The van der Waals surface area contributed by atoms with Crippen LogP contribution in [-0.4, -0.2) is 63.8 Å². The van der Waals surface area contributed by atoms with Crippen LogP contribution in [0.15, 0.2) is 18.2 Å². The minimum Gasteiger partial charge on any atom is -0.493 e. The van der Waals surface area contributed by atoms with E-state index in [-0.39, 0.29) is 25.7 Å². The van der Waals surface area contributed by atoms with Crippen molar-refractivity contribution in [2.75, 3.05) is 13.2 Å². The number of carbonyl (C=O) groups excluding carboxylic acids is 1. The Morgan fingerprint density at radius 3 is 0.844 bits per heavy atom. The third kappa shape index (κ3) is 38.8. The highest BCUT2D eigenvalue weighted by atomic mass is 16.5. The van der Waals surface area contributed by atoms with Crippen LogP contribution in [0.2, 0.25) is 0 Å². The molecule has 4 N–H and O–H groups in total. The van der Waals surface area contributed by atoms with Gasteiger partial charge in [-0.15, -0.1) is 0 Å². The van der Waals surface area contributed by atoms with E-state index in [4.69, 9.17) is 29.9 Å². The van der Waals surface area contributed by atoms with Gasteiger partial charge in [-0.3, -0.25) is 24.0 Å². The lowest BCUT2D eigenvalue weighted by Crippen LogP contribution is -2.04. The highest BCUT2D eigenvalue weighted by molar-refractivity contribution is 5.76. The van der Waals surface area contributed by atoms with E-state index in [2.05, 4.69) is 0 Å². The van der Waals surface area contributed by atoms with Gasteiger partial charge >= 0.3 is 23.9 Å². The van der Waals surface area contributed by atoms with Crippen LogP contribution in [0.1, 0.15) is 254 Å². The molecule has 368 valence electrons. The van der Waals surface area contributed by atoms with Gasteiger partial charge < -0.3 is 29.9 Å². The van der Waals surface area contributed by atoms with E-state index in [9.17, 15) is 24.0 Å². The van der Waals surface area contributed by atoms with Gasteiger partial charge in [-0.05, 0) is 62.5 Å². The first-order chi connectivity index (χ1) is 31.1. The van der Waals surface area contributed by atoms with Crippen molar-refractivity contribution < 1.29 is 53.9 Å². The number of aldehydes is 1. The number of benzene rings is 1. The molecular weight excluding hydrogens is 813 g/mol. The third-order valence-corrected chi connectivity index (χ3v) is 12.6. The number of hydrogen-bond acceptors (Lipinski definition) is 7. The minimum absolute atomic E-state index is 0.260. The SMILES string of the molecule is O=Cc1cc(OCCCCCC(CCCCCCCCC(=O)O)CCCCCCCC(=O)O)cc(OCCCCCC(CCCCCCCCC(=O)O)CCCCCCCC(=O)O)c1. The average Bonchev–Trinajstić information content (AvgIpc) is 3.25. The topological polar surface area (TPSA) is 185 Å². The van der Waals surface area contributed by atoms with Gasteiger partial charge in [0.1, 0.15) is 17.8 Å². The Morgan fingerprint density at radius 2 is 0.594 bits per heavy atom. The molecule has 0 aliphatic carbocycles. The minimum atomic E-state index is -0.712. The van der Waals surface area contributed by atoms with Gasteiger partial charge in [0.05, 0.1) is 13.2 Å². The number of carbonyl (C=O) groups is 5. The fourth-order valence-electron chi connectivity index (χ4n) is 8.81. The highest BCUT2D eigenvalue weighted by Crippen LogP contribution is 2.27. The molecule has 2 atom stereocenters. The Bertz CT molecular complexity index is 1240. The quantitative estimate of drug-likeness (QED) is 0.0360. The van der Waals surface area contributed by atoms with Crippen LogP contribution in [0.4, 0.5) is 0 Å². The number of carboxylic acids is 4. The van der Waals surface area contributed by atoms with Crippen molar-refractivity contribution in [3.63, 3.8) is 0 Å². The first kappa shape index (κ1) is 58.4. The second-order valence-electron chi connectivity index (χ2n) is 18.5. The lowest BCUT2D eigenvalue weighted by Gasteiger charge is -2.17. The van der Waals surface area contributed by atoms with Crippen molar-refractivity contribution in [1.82, 2.24) is 0 Å². The van der Waals surface area contributed by atoms with E-state index in [0.717, 1.165) is 148 Å². The number of hydrogen-bond donors (Lipinski definition) is 4. The molecule has 2 unspecified atom stereocenters. The molecule has 64 heavy (non-hydrogen) atoms. The average molecular weight is 903 g/mol. The van der Waals surface area contributed by atoms with Crippen molar-refractivity contribution in [1.29, 1.82) is 0 Å². The predicted molar refractivity (Wildman–Crippen MR) is 256 cm³/mol. The summed E-state index contributed by atoms with van der Waals surface area (Å²) in [7, 11) is 0. The molecule has 0 aliphatic heterocycles. The Kier molecular flexibility index (Phi) is 38.3. The molecule has 0 fully saturated rings. The Balaban J connectivity index is 2.45. The maximum absolute atomic E-state index is 11.8. The van der Waals surface area contributed by atoms with Crippen molar-refractivity contribution in [2.24, 2.45) is 11.8 Å². The van der Waals surface area contributed by atoms with E-state index >= 15 is 0 Å². The van der Waals surface area contributed by atoms with Gasteiger partial charge in [-0.25, -0.2) is 0 Å². The molecule has 0 spiro atoms. The molecule has 0 amide bonds. The highest BCUT2D eigenvalue weighted by Gasteiger charge is 2.12. The maximum Gasteiger partial charge on any atom is 0.303 e. The summed E-state index contributed by atoms with van der Waals surface area (Å²) in [6, 6.07) is 5.44. The first-order valence-electron chi connectivity index (χ1n) is 25.8. The molecule has 1 aromatic rings. The number of ether oxygens (including phenoxy) is 2. The summed E-state index contributed by atoms with van der Waals surface area (Å²) in [6.45, 7) is 1.17. The molecular formula is C53H90O11. The largest absolute Gasteiger partial charge is 0.493 e. The van der Waals surface area contributed by atoms with Crippen LogP contribution in [0, 0.1) is 11.8 Å². The van der Waals surface area contributed by atoms with Crippen molar-refractivity contribution >= 4 is 30.2 Å². The van der Waals surface area contributed by atoms with Crippen molar-refractivity contribution in [2.45, 2.75) is 244 Å². The van der Waals surface area contributed by atoms with E-state index in [1.165, 1.54) is 77.0 Å². The van der Waals surface area contributed by atoms with Crippen LogP contribution in [-0.2, 0) is 19.2 Å². The smallest absolute Gasteiger partial charge is 0.303 e. The lowest BCUT2D eigenvalue weighted by molar-refractivity contribution is -0.138. The van der Waals surface area contributed by atoms with Gasteiger partial charge in [0.25, 0.3) is 0 Å². The van der Waals surface area contributed by atoms with Crippen LogP contribution in [0.5, 0.6) is 11.5 Å². The molecule has 0 radical (unpaired) electrons. The summed E-state index contributed by atoms with van der Waals surface area (Å²) < 4.78 is 12.2. The van der Waals surface area contributed by atoms with Gasteiger partial charge in [0, 0.05) is 37.3 Å². The third-order valence-electron chi connectivity index (χ3n) is 12.6. The monoisotopic (exact) mass is 903 g/mol. The summed E-state index contributed by atoms with van der Waals surface area (Å²) in [5, 5.41) is 35.5. The number of aliphatic carboxylic acids is 4. The van der Waals surface area contributed by atoms with Gasteiger partial charge in [-0.1, -0.05) is 180 Å². The second-order valence-corrected chi connectivity index (χ2v) is 18.5. The Labute approximate surface area is 387 Å². The number of unbranched alkanes of at least 4 members (excludes halogenated alkanes) is 22. The fourth-order valence-corrected chi connectivity index (χ4v) is 8.81. The predicted octanol–water partition coefficient (Wildman–Crippen LogP) is 14.7. The zero-order chi connectivity index (χ0) is 46.7. The molecule has 0 saturated heterocycles. The number of rotatable bonds is 49. The summed E-state index contributed by atoms with van der Waals surface area (Å²) in [6.07, 6.45) is 38.8. The Hall–Kier alpha value is -3.63. The molecule has 1 rings (SSSR count). The molecule has 0 aliphatic rings. The summed E-state index contributed by atoms with van der Waals surface area (Å²) >= 11 is 0. The number of carboxylic acid groups (broad SMARTS) is 4. The standard InChI is InChI=1S/C53H90O11/c54-44-47-41-48(63-39-27-15-21-33-45(31-19-9-5-13-25-37-52(59)60)29-17-7-1-3-11-23-35-50(55)56)43-49(42-47)64-40-28-16-22-34-46(32-20-10-6-14-26-38-53(61)62)30-18-8-2-4-12-24-36-51(57)58/h41-46H,1-40H2,(H,55,56)(H,57,58)(H,59,60)(H,61,62). The lowest BCUT2D eigenvalue weighted by atomic mass is 9.89. The van der Waals surface area contributed by atoms with Gasteiger partial charge in [-0.2, -0.15) is 0 Å². The second kappa shape index (κ2) is 42.0. The van der Waals surface area contributed by atoms with Crippen LogP contribution < -0.4 is 9.47 Å². The van der Waals surface area contributed by atoms with Crippen molar-refractivity contribution in [3.05, 3.63) is 23.8 Å². The van der Waals surface area contributed by atoms with Crippen molar-refractivity contribution in [3.8, 4) is 11.5 Å². The van der Waals surface area contributed by atoms with E-state index in [0.29, 0.717) is 42.1 Å². The summed E-state index contributed by atoms with van der Waals surface area (Å²) in [5.41, 5.74) is 0.544. The normalized spacial score (nSPS) is 12.2. The summed E-state index contributed by atoms with van der Waals surface area (Å²) in [4.78, 5) is 54.8. The Morgan fingerprint density at radius 1 is 0.359 bits per heavy atom. The molecule has 1 aromatic carbocycles. The zero-order valence-electron chi connectivity index (χ0n) is 39.9. The maximum atomic E-state index is 11.8. The van der Waals surface area contributed by atoms with Crippen LogP contribution in [0.25, 0.3) is 0 Å². The van der Waals surface area contributed by atoms with Gasteiger partial charge in [0.2, 0.25) is 0 Å². The molecule has 0 aromatic heterocycles. The summed E-state index contributed by atoms with van der Waals surface area (Å²) in [5.74, 6) is -0.131. The molecule has 0 saturated carbocycles. The zero-order valence-corrected chi connectivity index (χ0v) is 39.9. The molecule has 0 bridgehead atoms. The van der Waals surface area contributed by atoms with Crippen LogP contribution >= 0.6 is 0 Å². The first-order valence-corrected chi connectivity index (χ1v) is 25.8. The molecule has 11 nitrogen and oxygen atoms in total. The van der Waals surface area contributed by atoms with Crippen LogP contribution in [0.3, 0.4) is 0 Å². The van der Waals surface area contributed by atoms with E-state index in [1.54, 1.807) is 12.1 Å².